The number of hydrogen-bond acceptors (Lipinski definition) is 1. The normalized spacial score (nSPS) is 12.6. The molecule has 17 heavy (non-hydrogen) atoms. The van der Waals surface area contributed by atoms with E-state index in [1.807, 2.05) is 0 Å². The Labute approximate surface area is 91.2 Å². The lowest BCUT2D eigenvalue weighted by Gasteiger charge is -2.16. The molecule has 0 aliphatic heterocycles. The van der Waals surface area contributed by atoms with E-state index in [2.05, 4.69) is 4.74 Å². The SMILES string of the molecule is Fc1ccc(OC[B-](F)(F)F)cc1C(F)(F)F. The molecule has 96 valence electrons. The molecular weight excluding hydrogens is 256 g/mol. The van der Waals surface area contributed by atoms with Crippen molar-refractivity contribution in [2.24, 2.45) is 0 Å². The lowest BCUT2D eigenvalue weighted by atomic mass is 9.95. The summed E-state index contributed by atoms with van der Waals surface area (Å²) < 4.78 is 88.8. The molecular formula is C8H5BF7O-. The Balaban J connectivity index is 2.90. The lowest BCUT2D eigenvalue weighted by molar-refractivity contribution is -0.140. The third kappa shape index (κ3) is 4.16. The lowest BCUT2D eigenvalue weighted by Crippen LogP contribution is -2.26. The van der Waals surface area contributed by atoms with Gasteiger partial charge in [0.1, 0.15) is 11.6 Å². The molecule has 0 fully saturated rings. The Morgan fingerprint density at radius 1 is 1.12 bits per heavy atom. The third-order valence-corrected chi connectivity index (χ3v) is 1.68. The van der Waals surface area contributed by atoms with Crippen LogP contribution in [0.4, 0.5) is 30.5 Å². The van der Waals surface area contributed by atoms with Crippen LogP contribution in [0.5, 0.6) is 5.75 Å². The molecule has 1 rings (SSSR count). The van der Waals surface area contributed by atoms with Crippen LogP contribution < -0.4 is 4.74 Å². The van der Waals surface area contributed by atoms with Gasteiger partial charge >= 0.3 is 13.2 Å². The van der Waals surface area contributed by atoms with Gasteiger partial charge in [0.2, 0.25) is 0 Å². The van der Waals surface area contributed by atoms with Crippen LogP contribution in [0.2, 0.25) is 0 Å². The van der Waals surface area contributed by atoms with Gasteiger partial charge in [0.05, 0.1) is 12.1 Å². The summed E-state index contributed by atoms with van der Waals surface area (Å²) in [6.07, 6.45) is -4.98. The fourth-order valence-corrected chi connectivity index (χ4v) is 1.00. The molecule has 0 aromatic heterocycles. The van der Waals surface area contributed by atoms with Crippen molar-refractivity contribution in [1.29, 1.82) is 0 Å². The van der Waals surface area contributed by atoms with Gasteiger partial charge in [-0.25, -0.2) is 4.39 Å². The van der Waals surface area contributed by atoms with E-state index in [0.717, 1.165) is 0 Å². The first-order valence-corrected chi connectivity index (χ1v) is 4.30. The van der Waals surface area contributed by atoms with Gasteiger partial charge in [-0.1, -0.05) is 0 Å². The molecule has 0 saturated heterocycles. The first-order valence-electron chi connectivity index (χ1n) is 4.30. The van der Waals surface area contributed by atoms with Crippen molar-refractivity contribution >= 4 is 6.98 Å². The Morgan fingerprint density at radius 2 is 1.71 bits per heavy atom. The summed E-state index contributed by atoms with van der Waals surface area (Å²) in [4.78, 5) is 0. The minimum Gasteiger partial charge on any atom is -0.522 e. The van der Waals surface area contributed by atoms with E-state index >= 15 is 0 Å². The van der Waals surface area contributed by atoms with Crippen molar-refractivity contribution in [3.05, 3.63) is 29.6 Å². The molecule has 0 amide bonds. The molecule has 0 bridgehead atoms. The summed E-state index contributed by atoms with van der Waals surface area (Å²) in [5.41, 5.74) is -1.66. The number of benzene rings is 1. The van der Waals surface area contributed by atoms with Crippen LogP contribution in [0, 0.1) is 5.82 Å². The Morgan fingerprint density at radius 3 is 2.18 bits per heavy atom. The summed E-state index contributed by atoms with van der Waals surface area (Å²) >= 11 is 0. The Bertz CT molecular complexity index is 398. The van der Waals surface area contributed by atoms with Crippen LogP contribution in [-0.2, 0) is 6.18 Å². The van der Waals surface area contributed by atoms with E-state index in [0.29, 0.717) is 12.1 Å². The molecule has 0 saturated carbocycles. The van der Waals surface area contributed by atoms with Gasteiger partial charge < -0.3 is 17.7 Å². The number of halogens is 7. The molecule has 0 atom stereocenters. The molecule has 0 aliphatic rings. The van der Waals surface area contributed by atoms with Crippen molar-refractivity contribution in [3.8, 4) is 5.75 Å². The molecule has 1 aromatic rings. The fourth-order valence-electron chi connectivity index (χ4n) is 1.00. The topological polar surface area (TPSA) is 9.23 Å². The number of ether oxygens (including phenoxy) is 1. The Kier molecular flexibility index (Phi) is 3.58. The standard InChI is InChI=1S/C8H5BF7O/c10-7-2-1-5(17-4-9(14,15)16)3-6(7)8(11,12)13/h1-3H,4H2/q-1. The summed E-state index contributed by atoms with van der Waals surface area (Å²) in [5, 5.41) is 0. The van der Waals surface area contributed by atoms with E-state index in [4.69, 9.17) is 0 Å². The highest BCUT2D eigenvalue weighted by Crippen LogP contribution is 2.33. The highest BCUT2D eigenvalue weighted by Gasteiger charge is 2.34. The van der Waals surface area contributed by atoms with Crippen molar-refractivity contribution in [1.82, 2.24) is 0 Å². The average Bonchev–Trinajstić information content (AvgIpc) is 2.13. The molecule has 1 nitrogen and oxygen atoms in total. The first kappa shape index (κ1) is 13.7. The monoisotopic (exact) mass is 261 g/mol. The molecule has 9 heteroatoms. The van der Waals surface area contributed by atoms with Gasteiger partial charge in [-0.05, 0) is 18.2 Å². The second-order valence-electron chi connectivity index (χ2n) is 3.16. The molecule has 0 heterocycles. The van der Waals surface area contributed by atoms with Crippen molar-refractivity contribution in [2.75, 3.05) is 6.51 Å². The maximum atomic E-state index is 12.7. The maximum Gasteiger partial charge on any atom is 0.515 e. The zero-order valence-corrected chi connectivity index (χ0v) is 8.07. The van der Waals surface area contributed by atoms with Gasteiger partial charge in [-0.3, -0.25) is 0 Å². The minimum absolute atomic E-state index is 0.192. The van der Waals surface area contributed by atoms with Crippen LogP contribution >= 0.6 is 0 Å². The summed E-state index contributed by atoms with van der Waals surface area (Å²) in [6.45, 7) is -6.95. The highest BCUT2D eigenvalue weighted by molar-refractivity contribution is 6.58. The summed E-state index contributed by atoms with van der Waals surface area (Å²) in [6, 6.07) is 1.30. The van der Waals surface area contributed by atoms with E-state index in [9.17, 15) is 30.5 Å². The molecule has 0 unspecified atom stereocenters. The fraction of sp³-hybridized carbons (Fsp3) is 0.250. The van der Waals surface area contributed by atoms with Gasteiger partial charge in [0.25, 0.3) is 0 Å². The Hall–Kier alpha value is -1.41. The second-order valence-corrected chi connectivity index (χ2v) is 3.16. The average molecular weight is 261 g/mol. The van der Waals surface area contributed by atoms with Gasteiger partial charge in [-0.2, -0.15) is 13.2 Å². The second kappa shape index (κ2) is 4.46. The van der Waals surface area contributed by atoms with Crippen LogP contribution in [-0.4, -0.2) is 13.5 Å². The van der Waals surface area contributed by atoms with Crippen molar-refractivity contribution in [3.63, 3.8) is 0 Å². The van der Waals surface area contributed by atoms with Crippen LogP contribution in [0.3, 0.4) is 0 Å². The van der Waals surface area contributed by atoms with Crippen molar-refractivity contribution in [2.45, 2.75) is 6.18 Å². The highest BCUT2D eigenvalue weighted by atomic mass is 19.4. The first-order chi connectivity index (χ1) is 7.59. The largest absolute Gasteiger partial charge is 0.522 e. The quantitative estimate of drug-likeness (QED) is 0.596. The van der Waals surface area contributed by atoms with Gasteiger partial charge in [0, 0.05) is 0 Å². The zero-order chi connectivity index (χ0) is 13.3. The predicted molar refractivity (Wildman–Crippen MR) is 46.0 cm³/mol. The predicted octanol–water partition coefficient (Wildman–Crippen LogP) is 3.61. The summed E-state index contributed by atoms with van der Waals surface area (Å²) in [7, 11) is 0. The number of rotatable bonds is 3. The van der Waals surface area contributed by atoms with Gasteiger partial charge in [0.15, 0.2) is 0 Å². The van der Waals surface area contributed by atoms with E-state index < -0.39 is 36.8 Å². The zero-order valence-electron chi connectivity index (χ0n) is 8.07. The van der Waals surface area contributed by atoms with Crippen LogP contribution in [0.1, 0.15) is 5.56 Å². The molecule has 0 aliphatic carbocycles. The van der Waals surface area contributed by atoms with Crippen LogP contribution in [0.25, 0.3) is 0 Å². The smallest absolute Gasteiger partial charge is 0.515 e. The molecule has 0 N–H and O–H groups in total. The number of alkyl halides is 3. The maximum absolute atomic E-state index is 12.7. The molecule has 0 radical (unpaired) electrons. The number of hydrogen-bond donors (Lipinski definition) is 0. The minimum atomic E-state index is -5.28. The molecule has 1 aromatic carbocycles. The third-order valence-electron chi connectivity index (χ3n) is 1.68. The molecule has 0 spiro atoms. The van der Waals surface area contributed by atoms with E-state index in [1.165, 1.54) is 0 Å². The summed E-state index contributed by atoms with van der Waals surface area (Å²) in [5.74, 6) is -2.25. The van der Waals surface area contributed by atoms with E-state index in [1.54, 1.807) is 0 Å². The van der Waals surface area contributed by atoms with Crippen LogP contribution in [0.15, 0.2) is 18.2 Å². The van der Waals surface area contributed by atoms with E-state index in [-0.39, 0.29) is 6.07 Å². The van der Waals surface area contributed by atoms with Crippen molar-refractivity contribution < 1.29 is 35.2 Å². The van der Waals surface area contributed by atoms with Gasteiger partial charge in [-0.15, -0.1) is 0 Å².